The SMILES string of the molecule is c1ccc(-c2cc(-c3ccc(-c4ccc5c(c4)nc(-c4ccccc4)c4cc6c(cc45)C4(c5ccccc5Sc5ccccc54)c4ccccc4-6)cc3)nc(-c3ccccc3)n2)cc1. The summed E-state index contributed by atoms with van der Waals surface area (Å²) in [4.78, 5) is 18.2. The van der Waals surface area contributed by atoms with Crippen molar-refractivity contribution < 1.29 is 0 Å². The van der Waals surface area contributed by atoms with E-state index < -0.39 is 5.41 Å². The number of pyridine rings is 1. The molecular formula is C60H37N3S. The number of nitrogens with zero attached hydrogens (tertiary/aromatic N) is 3. The molecule has 64 heavy (non-hydrogen) atoms. The molecule has 1 spiro atoms. The predicted molar refractivity (Wildman–Crippen MR) is 263 cm³/mol. The third kappa shape index (κ3) is 5.66. The van der Waals surface area contributed by atoms with Crippen molar-refractivity contribution in [2.75, 3.05) is 0 Å². The zero-order valence-electron chi connectivity index (χ0n) is 34.6. The van der Waals surface area contributed by atoms with Gasteiger partial charge in [0.15, 0.2) is 5.82 Å². The summed E-state index contributed by atoms with van der Waals surface area (Å²) in [5, 5.41) is 3.50. The monoisotopic (exact) mass is 831 g/mol. The number of fused-ring (bicyclic) bond motifs is 12. The quantitative estimate of drug-likeness (QED) is 0.162. The molecule has 4 heteroatoms. The van der Waals surface area contributed by atoms with Gasteiger partial charge in [-0.1, -0.05) is 200 Å². The van der Waals surface area contributed by atoms with Crippen LogP contribution >= 0.6 is 11.8 Å². The van der Waals surface area contributed by atoms with Crippen LogP contribution in [0.15, 0.2) is 234 Å². The van der Waals surface area contributed by atoms with Crippen LogP contribution in [0, 0.1) is 0 Å². The van der Waals surface area contributed by atoms with Crippen molar-refractivity contribution >= 4 is 33.4 Å². The Morgan fingerprint density at radius 1 is 0.312 bits per heavy atom. The molecule has 0 atom stereocenters. The molecule has 11 aromatic rings. The standard InChI is InChI=1S/C60H37N3S/c1-4-16-39(17-5-1)53-37-54(63-59(62-53)42-20-8-3-9-21-42)40-30-28-38(29-31-40)43-32-33-45-46-36-52-47(35-48(46)58(61-55(45)34-43)41-18-6-2-7-19-41)44-22-10-11-23-49(44)60(52)50-24-12-14-26-56(50)64-57-27-15-13-25-51(57)60/h1-37H. The number of hydrogen-bond acceptors (Lipinski definition) is 4. The van der Waals surface area contributed by atoms with Crippen LogP contribution in [-0.4, -0.2) is 15.0 Å². The first kappa shape index (κ1) is 36.7. The van der Waals surface area contributed by atoms with Crippen molar-refractivity contribution in [3.05, 3.63) is 247 Å². The van der Waals surface area contributed by atoms with Crippen LogP contribution in [0.1, 0.15) is 22.3 Å². The Labute approximate surface area is 375 Å². The Morgan fingerprint density at radius 2 is 0.844 bits per heavy atom. The van der Waals surface area contributed by atoms with E-state index in [0.717, 1.165) is 66.8 Å². The van der Waals surface area contributed by atoms with Gasteiger partial charge in [0.1, 0.15) is 0 Å². The molecule has 0 unspecified atom stereocenters. The average Bonchev–Trinajstić information content (AvgIpc) is 3.65. The third-order valence-electron chi connectivity index (χ3n) is 13.1. The Hall–Kier alpha value is -7.92. The summed E-state index contributed by atoms with van der Waals surface area (Å²) in [5.74, 6) is 0.708. The Morgan fingerprint density at radius 3 is 1.52 bits per heavy atom. The highest BCUT2D eigenvalue weighted by Crippen LogP contribution is 2.63. The molecule has 1 aliphatic carbocycles. The first-order chi connectivity index (χ1) is 31.7. The van der Waals surface area contributed by atoms with Crippen molar-refractivity contribution in [2.45, 2.75) is 15.2 Å². The first-order valence-corrected chi connectivity index (χ1v) is 22.6. The number of rotatable bonds is 5. The lowest BCUT2D eigenvalue weighted by molar-refractivity contribution is 0.723. The highest BCUT2D eigenvalue weighted by Gasteiger charge is 2.50. The molecule has 0 radical (unpaired) electrons. The van der Waals surface area contributed by atoms with E-state index in [1.54, 1.807) is 0 Å². The molecule has 1 aliphatic heterocycles. The van der Waals surface area contributed by atoms with Crippen LogP contribution in [-0.2, 0) is 5.41 Å². The smallest absolute Gasteiger partial charge is 0.160 e. The van der Waals surface area contributed by atoms with Gasteiger partial charge in [0, 0.05) is 42.8 Å². The average molecular weight is 832 g/mol. The number of hydrogen-bond donors (Lipinski definition) is 0. The van der Waals surface area contributed by atoms with E-state index in [2.05, 4.69) is 200 Å². The van der Waals surface area contributed by atoms with Gasteiger partial charge in [0.05, 0.1) is 28.0 Å². The third-order valence-corrected chi connectivity index (χ3v) is 14.3. The van der Waals surface area contributed by atoms with Gasteiger partial charge in [-0.3, -0.25) is 0 Å². The van der Waals surface area contributed by atoms with Crippen LogP contribution in [0.4, 0.5) is 0 Å². The molecule has 13 rings (SSSR count). The fourth-order valence-corrected chi connectivity index (χ4v) is 11.4. The molecule has 0 saturated carbocycles. The maximum atomic E-state index is 5.54. The molecule has 0 N–H and O–H groups in total. The molecule has 0 fully saturated rings. The summed E-state index contributed by atoms with van der Waals surface area (Å²) in [6.07, 6.45) is 0. The minimum Gasteiger partial charge on any atom is -0.247 e. The van der Waals surface area contributed by atoms with E-state index in [1.165, 1.54) is 48.6 Å². The zero-order chi connectivity index (χ0) is 42.2. The van der Waals surface area contributed by atoms with E-state index in [1.807, 2.05) is 36.0 Å². The predicted octanol–water partition coefficient (Wildman–Crippen LogP) is 15.3. The minimum absolute atomic E-state index is 0.462. The van der Waals surface area contributed by atoms with Crippen LogP contribution in [0.25, 0.3) is 89.1 Å². The molecule has 2 aliphatic rings. The fourth-order valence-electron chi connectivity index (χ4n) is 10.2. The second-order valence-corrected chi connectivity index (χ2v) is 17.7. The van der Waals surface area contributed by atoms with E-state index in [-0.39, 0.29) is 0 Å². The van der Waals surface area contributed by atoms with Gasteiger partial charge < -0.3 is 0 Å². The Kier molecular flexibility index (Phi) is 8.37. The summed E-state index contributed by atoms with van der Waals surface area (Å²) >= 11 is 1.88. The summed E-state index contributed by atoms with van der Waals surface area (Å²) in [5.41, 5.74) is 17.6. The fraction of sp³-hybridized carbons (Fsp3) is 0.0167. The van der Waals surface area contributed by atoms with Gasteiger partial charge >= 0.3 is 0 Å². The maximum absolute atomic E-state index is 5.54. The van der Waals surface area contributed by atoms with E-state index in [9.17, 15) is 0 Å². The summed E-state index contributed by atoms with van der Waals surface area (Å²) < 4.78 is 0. The highest BCUT2D eigenvalue weighted by molar-refractivity contribution is 7.99. The molecule has 2 aromatic heterocycles. The molecule has 3 nitrogen and oxygen atoms in total. The number of aromatic nitrogens is 3. The second kappa shape index (κ2) is 14.6. The first-order valence-electron chi connectivity index (χ1n) is 21.8. The van der Waals surface area contributed by atoms with Crippen LogP contribution in [0.3, 0.4) is 0 Å². The van der Waals surface area contributed by atoms with Crippen LogP contribution in [0.2, 0.25) is 0 Å². The van der Waals surface area contributed by atoms with Crippen molar-refractivity contribution in [2.24, 2.45) is 0 Å². The maximum Gasteiger partial charge on any atom is 0.160 e. The van der Waals surface area contributed by atoms with Gasteiger partial charge in [-0.2, -0.15) is 0 Å². The normalized spacial score (nSPS) is 13.1. The molecule has 0 amide bonds. The van der Waals surface area contributed by atoms with E-state index >= 15 is 0 Å². The summed E-state index contributed by atoms with van der Waals surface area (Å²) in [6, 6.07) is 80.9. The minimum atomic E-state index is -0.462. The molecule has 3 heterocycles. The Balaban J connectivity index is 0.987. The van der Waals surface area contributed by atoms with Crippen molar-refractivity contribution in [3.8, 4) is 67.4 Å². The largest absolute Gasteiger partial charge is 0.247 e. The van der Waals surface area contributed by atoms with Gasteiger partial charge in [0.2, 0.25) is 0 Å². The lowest BCUT2D eigenvalue weighted by Crippen LogP contribution is -2.31. The lowest BCUT2D eigenvalue weighted by Gasteiger charge is -2.39. The zero-order valence-corrected chi connectivity index (χ0v) is 35.4. The second-order valence-electron chi connectivity index (χ2n) is 16.7. The summed E-state index contributed by atoms with van der Waals surface area (Å²) in [6.45, 7) is 0. The molecular weight excluding hydrogens is 795 g/mol. The highest BCUT2D eigenvalue weighted by atomic mass is 32.2. The van der Waals surface area contributed by atoms with Gasteiger partial charge in [-0.15, -0.1) is 0 Å². The molecule has 9 aromatic carbocycles. The Bertz CT molecular complexity index is 3520. The van der Waals surface area contributed by atoms with E-state index in [0.29, 0.717) is 5.82 Å². The summed E-state index contributed by atoms with van der Waals surface area (Å²) in [7, 11) is 0. The van der Waals surface area contributed by atoms with Gasteiger partial charge in [-0.25, -0.2) is 15.0 Å². The van der Waals surface area contributed by atoms with Crippen LogP contribution in [0.5, 0.6) is 0 Å². The van der Waals surface area contributed by atoms with Gasteiger partial charge in [-0.05, 0) is 86.3 Å². The molecule has 0 bridgehead atoms. The number of benzene rings is 9. The van der Waals surface area contributed by atoms with Crippen LogP contribution < -0.4 is 0 Å². The van der Waals surface area contributed by atoms with Gasteiger partial charge in [0.25, 0.3) is 0 Å². The van der Waals surface area contributed by atoms with Crippen molar-refractivity contribution in [3.63, 3.8) is 0 Å². The lowest BCUT2D eigenvalue weighted by atomic mass is 9.67. The molecule has 0 saturated heterocycles. The topological polar surface area (TPSA) is 38.7 Å². The molecule has 298 valence electrons. The van der Waals surface area contributed by atoms with E-state index in [4.69, 9.17) is 15.0 Å². The van der Waals surface area contributed by atoms with Crippen molar-refractivity contribution in [1.29, 1.82) is 0 Å². The van der Waals surface area contributed by atoms with Crippen molar-refractivity contribution in [1.82, 2.24) is 15.0 Å².